The maximum atomic E-state index is 13.4. The SMILES string of the molecule is CC1(F)CC[C-](O)C(F)(F)C1CF.[Rf]. The molecular formula is C8H11F4ORf-. The molecule has 0 saturated heterocycles. The number of aliphatic hydroxyl groups is 1. The standard InChI is InChI=1S/C8H11F4O.Rf/c1-7(10)3-2-6(13)8(11,12)5(7)4-9;/h5,13H,2-4H2,1H3;/q-1;. The predicted octanol–water partition coefficient (Wildman–Crippen LogP) is 2.63. The topological polar surface area (TPSA) is 20.2 Å². The molecule has 0 heterocycles. The van der Waals surface area contributed by atoms with Crippen LogP contribution in [0, 0.1) is 12.0 Å². The maximum absolute atomic E-state index is 13.4. The van der Waals surface area contributed by atoms with Crippen LogP contribution in [0.15, 0.2) is 0 Å². The smallest absolute Gasteiger partial charge is 0.164 e. The summed E-state index contributed by atoms with van der Waals surface area (Å²) < 4.78 is 51.5. The van der Waals surface area contributed by atoms with Crippen molar-refractivity contribution in [2.75, 3.05) is 6.67 Å². The second-order valence-electron chi connectivity index (χ2n) is 3.55. The molecule has 0 aliphatic heterocycles. The Kier molecular flexibility index (Phi) is 3.12. The van der Waals surface area contributed by atoms with Gasteiger partial charge in [-0.2, -0.15) is 0 Å². The predicted molar refractivity (Wildman–Crippen MR) is 38.3 cm³/mol. The molecule has 0 radical (unpaired) electrons. The van der Waals surface area contributed by atoms with Crippen molar-refractivity contribution >= 4 is 0 Å². The van der Waals surface area contributed by atoms with Crippen molar-refractivity contribution in [3.8, 4) is 0 Å². The van der Waals surface area contributed by atoms with Crippen LogP contribution in [0.1, 0.15) is 19.8 Å². The third-order valence-corrected chi connectivity index (χ3v) is 2.55. The molecule has 1 N–H and O–H groups in total. The molecule has 0 spiro atoms. The molecule has 1 rings (SSSR count). The molecule has 2 atom stereocenters. The Balaban J connectivity index is 0.00000169. The van der Waals surface area contributed by atoms with Gasteiger partial charge in [0.05, 0.1) is 12.6 Å². The van der Waals surface area contributed by atoms with Crippen molar-refractivity contribution in [3.05, 3.63) is 6.10 Å². The van der Waals surface area contributed by atoms with Crippen LogP contribution in [0.3, 0.4) is 0 Å². The van der Waals surface area contributed by atoms with Crippen molar-refractivity contribution in [2.24, 2.45) is 5.92 Å². The van der Waals surface area contributed by atoms with Crippen molar-refractivity contribution in [1.82, 2.24) is 0 Å². The molecule has 2 unspecified atom stereocenters. The normalized spacial score (nSPS) is 37.7. The number of hydrogen-bond acceptors (Lipinski definition) is 1. The van der Waals surface area contributed by atoms with Gasteiger partial charge in [0.25, 0.3) is 0 Å². The Morgan fingerprint density at radius 2 is 1.93 bits per heavy atom. The first-order chi connectivity index (χ1) is 5.82. The molecule has 1 saturated carbocycles. The molecule has 6 heteroatoms. The Bertz CT molecular complexity index is 198. The summed E-state index contributed by atoms with van der Waals surface area (Å²) in [6.45, 7) is -0.526. The van der Waals surface area contributed by atoms with Gasteiger partial charge in [-0.25, -0.2) is 13.2 Å². The minimum atomic E-state index is -3.74. The maximum Gasteiger partial charge on any atom is 0.164 e. The summed E-state index contributed by atoms with van der Waals surface area (Å²) in [5.41, 5.74) is -2.25. The third-order valence-electron chi connectivity index (χ3n) is 2.55. The van der Waals surface area contributed by atoms with Crippen LogP contribution in [0.25, 0.3) is 0 Å². The number of aliphatic hydroxyl groups excluding tert-OH is 1. The van der Waals surface area contributed by atoms with Gasteiger partial charge in [-0.15, -0.1) is 12.5 Å². The fourth-order valence-electron chi connectivity index (χ4n) is 1.54. The zero-order valence-electron chi connectivity index (χ0n) is 7.86. The Hall–Kier alpha value is -1.32. The van der Waals surface area contributed by atoms with Gasteiger partial charge in [-0.05, 0) is 13.3 Å². The number of alkyl halides is 4. The van der Waals surface area contributed by atoms with Crippen LogP contribution >= 0.6 is 0 Å². The van der Waals surface area contributed by atoms with E-state index in [1.807, 2.05) is 0 Å². The summed E-state index contributed by atoms with van der Waals surface area (Å²) in [7, 11) is 0. The second-order valence-corrected chi connectivity index (χ2v) is 3.55. The number of rotatable bonds is 1. The van der Waals surface area contributed by atoms with E-state index in [-0.39, 0.29) is 6.42 Å². The zero-order valence-corrected chi connectivity index (χ0v) is 14.3. The van der Waals surface area contributed by atoms with Crippen LogP contribution in [0.2, 0.25) is 0 Å². The van der Waals surface area contributed by atoms with E-state index in [1.54, 1.807) is 0 Å². The van der Waals surface area contributed by atoms with Crippen LogP contribution in [0.5, 0.6) is 0 Å². The second kappa shape index (κ2) is 3.44. The minimum Gasteiger partial charge on any atom is -0.557 e. The van der Waals surface area contributed by atoms with E-state index in [9.17, 15) is 17.6 Å². The number of halogens is 4. The van der Waals surface area contributed by atoms with E-state index < -0.39 is 36.7 Å². The van der Waals surface area contributed by atoms with Crippen molar-refractivity contribution in [3.63, 3.8) is 0 Å². The van der Waals surface area contributed by atoms with Crippen LogP contribution < -0.4 is 0 Å². The number of hydrogen-bond donors (Lipinski definition) is 1. The molecule has 1 fully saturated rings. The molecule has 0 bridgehead atoms. The summed E-state index contributed by atoms with van der Waals surface area (Å²) in [5, 5.41) is 8.80. The average molecular weight is 466 g/mol. The molecule has 0 aromatic rings. The van der Waals surface area contributed by atoms with Crippen molar-refractivity contribution < 1.29 is 22.7 Å². The van der Waals surface area contributed by atoms with Gasteiger partial charge in [0.15, 0.2) is 5.92 Å². The Morgan fingerprint density at radius 3 is 2.29 bits per heavy atom. The molecule has 0 amide bonds. The largest absolute Gasteiger partial charge is 0.557 e. The van der Waals surface area contributed by atoms with E-state index in [2.05, 4.69) is 0 Å². The third kappa shape index (κ3) is 1.64. The fraction of sp³-hybridized carbons (Fsp3) is 0.875. The van der Waals surface area contributed by atoms with E-state index in [0.29, 0.717) is 0 Å². The summed E-state index contributed by atoms with van der Waals surface area (Å²) in [4.78, 5) is 0. The molecule has 0 aromatic heterocycles. The van der Waals surface area contributed by atoms with E-state index in [4.69, 9.17) is 5.11 Å². The van der Waals surface area contributed by atoms with Crippen LogP contribution in [0.4, 0.5) is 17.6 Å². The minimum absolute atomic E-state index is 0. The molecule has 14 heavy (non-hydrogen) atoms. The van der Waals surface area contributed by atoms with Gasteiger partial charge in [-0.3, -0.25) is 4.39 Å². The first kappa shape index (κ1) is 12.7. The van der Waals surface area contributed by atoms with Gasteiger partial charge < -0.3 is 5.11 Å². The van der Waals surface area contributed by atoms with Gasteiger partial charge in [-0.1, -0.05) is 0 Å². The quantitative estimate of drug-likeness (QED) is 0.466. The van der Waals surface area contributed by atoms with Gasteiger partial charge in [0.2, 0.25) is 0 Å². The van der Waals surface area contributed by atoms with Crippen molar-refractivity contribution in [1.29, 1.82) is 0 Å². The average Bonchev–Trinajstić information content (AvgIpc) is 1.98. The Morgan fingerprint density at radius 1 is 1.43 bits per heavy atom. The van der Waals surface area contributed by atoms with Crippen LogP contribution in [-0.4, -0.2) is 23.4 Å². The molecular weight excluding hydrogens is 455 g/mol. The van der Waals surface area contributed by atoms with Crippen molar-refractivity contribution in [2.45, 2.75) is 31.4 Å². The first-order valence-corrected chi connectivity index (χ1v) is 4.00. The summed E-state index contributed by atoms with van der Waals surface area (Å²) in [5.74, 6) is -5.80. The van der Waals surface area contributed by atoms with Gasteiger partial charge >= 0.3 is 0 Å². The molecule has 80 valence electrons. The molecule has 1 nitrogen and oxygen atoms in total. The molecule has 1 aliphatic carbocycles. The fourth-order valence-corrected chi connectivity index (χ4v) is 1.54. The zero-order chi connectivity index (χ0) is 10.3. The summed E-state index contributed by atoms with van der Waals surface area (Å²) in [6, 6.07) is 0. The molecule has 0 aromatic carbocycles. The first-order valence-electron chi connectivity index (χ1n) is 4.00. The van der Waals surface area contributed by atoms with Gasteiger partial charge in [0, 0.05) is 0 Å². The van der Waals surface area contributed by atoms with Crippen LogP contribution in [-0.2, 0) is 0 Å². The van der Waals surface area contributed by atoms with E-state index in [0.717, 1.165) is 6.92 Å². The van der Waals surface area contributed by atoms with Gasteiger partial charge in [0.1, 0.15) is 5.67 Å². The monoisotopic (exact) mass is 466 g/mol. The molecule has 1 aliphatic rings. The van der Waals surface area contributed by atoms with E-state index in [1.165, 1.54) is 0 Å². The Labute approximate surface area is 73.7 Å². The van der Waals surface area contributed by atoms with E-state index >= 15 is 0 Å². The summed E-state index contributed by atoms with van der Waals surface area (Å²) >= 11 is 0. The summed E-state index contributed by atoms with van der Waals surface area (Å²) in [6.07, 6.45) is -1.77.